The molecule has 2 aromatic carbocycles. The predicted octanol–water partition coefficient (Wildman–Crippen LogP) is 3.68. The quantitative estimate of drug-likeness (QED) is 0.781. The molecule has 1 aliphatic rings. The second-order valence-electron chi connectivity index (χ2n) is 5.71. The molecule has 0 unspecified atom stereocenters. The standard InChI is InChI=1S/C18H16Cl2N2O2/c1-12-4-2-3-5-16(12)22-9-8-21(17(23)18(22)24)11-13-6-7-14(19)10-15(13)20/h2-7,10H,8-9,11H2,1H3. The summed E-state index contributed by atoms with van der Waals surface area (Å²) in [6.45, 7) is 3.13. The van der Waals surface area contributed by atoms with Gasteiger partial charge in [-0.1, -0.05) is 47.5 Å². The molecule has 0 saturated carbocycles. The van der Waals surface area contributed by atoms with Crippen LogP contribution in [0.3, 0.4) is 0 Å². The largest absolute Gasteiger partial charge is 0.328 e. The third-order valence-corrected chi connectivity index (χ3v) is 4.68. The Kier molecular flexibility index (Phi) is 4.78. The number of halogens is 2. The van der Waals surface area contributed by atoms with E-state index in [4.69, 9.17) is 23.2 Å². The van der Waals surface area contributed by atoms with Crippen molar-refractivity contribution in [2.24, 2.45) is 0 Å². The molecule has 2 amide bonds. The Morgan fingerprint density at radius 1 is 1.00 bits per heavy atom. The van der Waals surface area contributed by atoms with Crippen molar-refractivity contribution >= 4 is 40.7 Å². The summed E-state index contributed by atoms with van der Waals surface area (Å²) in [6.07, 6.45) is 0. The number of para-hydroxylation sites is 1. The highest BCUT2D eigenvalue weighted by Crippen LogP contribution is 2.25. The van der Waals surface area contributed by atoms with Crippen LogP contribution < -0.4 is 4.90 Å². The lowest BCUT2D eigenvalue weighted by molar-refractivity contribution is -0.146. The van der Waals surface area contributed by atoms with Crippen LogP contribution in [-0.4, -0.2) is 29.8 Å². The third-order valence-electron chi connectivity index (χ3n) is 4.09. The van der Waals surface area contributed by atoms with E-state index in [1.54, 1.807) is 18.2 Å². The minimum absolute atomic E-state index is 0.294. The van der Waals surface area contributed by atoms with E-state index < -0.39 is 11.8 Å². The number of rotatable bonds is 3. The third kappa shape index (κ3) is 3.25. The number of hydrogen-bond donors (Lipinski definition) is 0. The first-order chi connectivity index (χ1) is 11.5. The van der Waals surface area contributed by atoms with E-state index in [0.29, 0.717) is 29.7 Å². The van der Waals surface area contributed by atoms with Crippen molar-refractivity contribution in [2.75, 3.05) is 18.0 Å². The number of benzene rings is 2. The number of carbonyl (C=O) groups is 2. The number of anilines is 1. The molecule has 0 aliphatic carbocycles. The molecule has 124 valence electrons. The van der Waals surface area contributed by atoms with E-state index in [2.05, 4.69) is 0 Å². The van der Waals surface area contributed by atoms with Gasteiger partial charge in [-0.25, -0.2) is 0 Å². The van der Waals surface area contributed by atoms with E-state index in [9.17, 15) is 9.59 Å². The van der Waals surface area contributed by atoms with Gasteiger partial charge >= 0.3 is 11.8 Å². The fraction of sp³-hybridized carbons (Fsp3) is 0.222. The SMILES string of the molecule is Cc1ccccc1N1CCN(Cc2ccc(Cl)cc2Cl)C(=O)C1=O. The van der Waals surface area contributed by atoms with Gasteiger partial charge in [-0.15, -0.1) is 0 Å². The Bertz CT molecular complexity index is 807. The summed E-state index contributed by atoms with van der Waals surface area (Å²) < 4.78 is 0. The van der Waals surface area contributed by atoms with Crippen molar-refractivity contribution in [1.29, 1.82) is 0 Å². The van der Waals surface area contributed by atoms with Gasteiger partial charge in [-0.2, -0.15) is 0 Å². The Balaban J connectivity index is 1.78. The summed E-state index contributed by atoms with van der Waals surface area (Å²) in [7, 11) is 0. The van der Waals surface area contributed by atoms with Gasteiger partial charge in [0.2, 0.25) is 0 Å². The maximum atomic E-state index is 12.5. The molecule has 24 heavy (non-hydrogen) atoms. The van der Waals surface area contributed by atoms with Crippen LogP contribution in [0.2, 0.25) is 10.0 Å². The van der Waals surface area contributed by atoms with Crippen LogP contribution in [0.1, 0.15) is 11.1 Å². The van der Waals surface area contributed by atoms with Crippen LogP contribution in [-0.2, 0) is 16.1 Å². The summed E-state index contributed by atoms with van der Waals surface area (Å²) in [5.74, 6) is -1.03. The second kappa shape index (κ2) is 6.83. The van der Waals surface area contributed by atoms with E-state index in [-0.39, 0.29) is 0 Å². The molecule has 0 aromatic heterocycles. The second-order valence-corrected chi connectivity index (χ2v) is 6.55. The number of hydrogen-bond acceptors (Lipinski definition) is 2. The summed E-state index contributed by atoms with van der Waals surface area (Å²) >= 11 is 12.0. The minimum Gasteiger partial charge on any atom is -0.328 e. The average Bonchev–Trinajstić information content (AvgIpc) is 2.55. The van der Waals surface area contributed by atoms with Crippen molar-refractivity contribution in [1.82, 2.24) is 4.90 Å². The maximum Gasteiger partial charge on any atom is 0.316 e. The van der Waals surface area contributed by atoms with Gasteiger partial charge in [0.15, 0.2) is 0 Å². The van der Waals surface area contributed by atoms with E-state index >= 15 is 0 Å². The van der Waals surface area contributed by atoms with Gasteiger partial charge in [0.25, 0.3) is 0 Å². The van der Waals surface area contributed by atoms with Gasteiger partial charge in [0.05, 0.1) is 0 Å². The lowest BCUT2D eigenvalue weighted by Crippen LogP contribution is -2.54. The van der Waals surface area contributed by atoms with Crippen molar-refractivity contribution < 1.29 is 9.59 Å². The molecule has 2 aromatic rings. The van der Waals surface area contributed by atoms with Crippen molar-refractivity contribution in [3.05, 3.63) is 63.6 Å². The van der Waals surface area contributed by atoms with Crippen LogP contribution in [0, 0.1) is 6.92 Å². The first kappa shape index (κ1) is 16.8. The monoisotopic (exact) mass is 362 g/mol. The molecule has 0 bridgehead atoms. The lowest BCUT2D eigenvalue weighted by Gasteiger charge is -2.34. The Morgan fingerprint density at radius 2 is 1.75 bits per heavy atom. The van der Waals surface area contributed by atoms with Gasteiger partial charge in [-0.3, -0.25) is 9.59 Å². The highest BCUT2D eigenvalue weighted by atomic mass is 35.5. The molecular formula is C18H16Cl2N2O2. The summed E-state index contributed by atoms with van der Waals surface area (Å²) in [5.41, 5.74) is 2.51. The van der Waals surface area contributed by atoms with Gasteiger partial charge < -0.3 is 9.80 Å². The number of carbonyl (C=O) groups excluding carboxylic acids is 2. The molecule has 0 atom stereocenters. The predicted molar refractivity (Wildman–Crippen MR) is 95.4 cm³/mol. The molecule has 1 saturated heterocycles. The topological polar surface area (TPSA) is 40.6 Å². The van der Waals surface area contributed by atoms with E-state index in [1.807, 2.05) is 31.2 Å². The zero-order valence-corrected chi connectivity index (χ0v) is 14.6. The van der Waals surface area contributed by atoms with E-state index in [0.717, 1.165) is 16.8 Å². The molecule has 0 N–H and O–H groups in total. The maximum absolute atomic E-state index is 12.5. The van der Waals surface area contributed by atoms with Gasteiger partial charge in [-0.05, 0) is 36.2 Å². The number of amides is 2. The Hall–Kier alpha value is -2.04. The number of piperazine rings is 1. The highest BCUT2D eigenvalue weighted by Gasteiger charge is 2.34. The number of nitrogens with zero attached hydrogens (tertiary/aromatic N) is 2. The fourth-order valence-electron chi connectivity index (χ4n) is 2.78. The zero-order chi connectivity index (χ0) is 17.3. The average molecular weight is 363 g/mol. The molecule has 1 fully saturated rings. The molecule has 1 aliphatic heterocycles. The van der Waals surface area contributed by atoms with E-state index in [1.165, 1.54) is 9.80 Å². The Morgan fingerprint density at radius 3 is 2.46 bits per heavy atom. The van der Waals surface area contributed by atoms with Crippen molar-refractivity contribution in [3.63, 3.8) is 0 Å². The molecular weight excluding hydrogens is 347 g/mol. The lowest BCUT2D eigenvalue weighted by atomic mass is 10.1. The summed E-state index contributed by atoms with van der Waals surface area (Å²) in [4.78, 5) is 28.0. The molecule has 0 radical (unpaired) electrons. The first-order valence-electron chi connectivity index (χ1n) is 7.57. The van der Waals surface area contributed by atoms with Crippen LogP contribution in [0.25, 0.3) is 0 Å². The molecule has 3 rings (SSSR count). The van der Waals surface area contributed by atoms with Crippen LogP contribution in [0.4, 0.5) is 5.69 Å². The minimum atomic E-state index is -0.518. The van der Waals surface area contributed by atoms with Gasteiger partial charge in [0, 0.05) is 35.4 Å². The smallest absolute Gasteiger partial charge is 0.316 e. The summed E-state index contributed by atoms with van der Waals surface area (Å²) in [5, 5.41) is 1.03. The fourth-order valence-corrected chi connectivity index (χ4v) is 3.25. The molecule has 4 nitrogen and oxygen atoms in total. The normalized spacial score (nSPS) is 15.1. The summed E-state index contributed by atoms with van der Waals surface area (Å²) in [6, 6.07) is 12.7. The first-order valence-corrected chi connectivity index (χ1v) is 8.33. The molecule has 6 heteroatoms. The van der Waals surface area contributed by atoms with Crippen LogP contribution in [0.5, 0.6) is 0 Å². The molecule has 0 spiro atoms. The van der Waals surface area contributed by atoms with Gasteiger partial charge in [0.1, 0.15) is 0 Å². The van der Waals surface area contributed by atoms with Crippen LogP contribution in [0.15, 0.2) is 42.5 Å². The van der Waals surface area contributed by atoms with Crippen molar-refractivity contribution in [2.45, 2.75) is 13.5 Å². The van der Waals surface area contributed by atoms with Crippen LogP contribution >= 0.6 is 23.2 Å². The Labute approximate surface area is 150 Å². The zero-order valence-electron chi connectivity index (χ0n) is 13.1. The number of aryl methyl sites for hydroxylation is 1. The highest BCUT2D eigenvalue weighted by molar-refractivity contribution is 6.41. The van der Waals surface area contributed by atoms with Crippen molar-refractivity contribution in [3.8, 4) is 0 Å². The molecule has 1 heterocycles.